The molecule has 4 rings (SSSR count). The summed E-state index contributed by atoms with van der Waals surface area (Å²) in [4.78, 5) is 19.3. The van der Waals surface area contributed by atoms with Gasteiger partial charge in [-0.2, -0.15) is 9.97 Å². The average Bonchev–Trinajstić information content (AvgIpc) is 3.01. The maximum atomic E-state index is 5.42. The molecule has 0 atom stereocenters. The molecule has 124 valence electrons. The van der Waals surface area contributed by atoms with Gasteiger partial charge in [0.15, 0.2) is 0 Å². The Balaban J connectivity index is 1.66. The summed E-state index contributed by atoms with van der Waals surface area (Å²) in [7, 11) is 0. The predicted octanol–water partition coefficient (Wildman–Crippen LogP) is 2.11. The fourth-order valence-corrected chi connectivity index (χ4v) is 2.85. The van der Waals surface area contributed by atoms with Crippen LogP contribution in [0.2, 0.25) is 0 Å². The van der Waals surface area contributed by atoms with E-state index in [1.165, 1.54) is 0 Å². The maximum Gasteiger partial charge on any atom is 0.229 e. The summed E-state index contributed by atoms with van der Waals surface area (Å²) in [6.45, 7) is 5.69. The van der Waals surface area contributed by atoms with Crippen molar-refractivity contribution in [1.29, 1.82) is 0 Å². The Bertz CT molecular complexity index is 826. The molecule has 24 heavy (non-hydrogen) atoms. The minimum atomic E-state index is 0.625. The first kappa shape index (κ1) is 14.9. The van der Waals surface area contributed by atoms with E-state index in [1.54, 1.807) is 6.20 Å². The van der Waals surface area contributed by atoms with Crippen molar-refractivity contribution in [3.05, 3.63) is 41.9 Å². The summed E-state index contributed by atoms with van der Waals surface area (Å²) < 4.78 is 5.42. The number of ether oxygens (including phenoxy) is 1. The second-order valence-corrected chi connectivity index (χ2v) is 5.86. The molecule has 1 aliphatic rings. The highest BCUT2D eigenvalue weighted by molar-refractivity contribution is 5.89. The van der Waals surface area contributed by atoms with Gasteiger partial charge in [0.2, 0.25) is 5.95 Å². The van der Waals surface area contributed by atoms with Gasteiger partial charge in [0, 0.05) is 25.0 Å². The van der Waals surface area contributed by atoms with Crippen molar-refractivity contribution in [3.63, 3.8) is 0 Å². The van der Waals surface area contributed by atoms with Crippen molar-refractivity contribution in [3.8, 4) is 0 Å². The lowest BCUT2D eigenvalue weighted by molar-refractivity contribution is 0.122. The molecule has 1 fully saturated rings. The summed E-state index contributed by atoms with van der Waals surface area (Å²) in [5.74, 6) is 1.56. The second kappa shape index (κ2) is 6.45. The summed E-state index contributed by atoms with van der Waals surface area (Å²) in [5, 5.41) is 4.41. The van der Waals surface area contributed by atoms with E-state index in [4.69, 9.17) is 9.72 Å². The molecule has 0 amide bonds. The van der Waals surface area contributed by atoms with Crippen LogP contribution in [-0.4, -0.2) is 46.2 Å². The number of rotatable bonds is 4. The number of aryl methyl sites for hydroxylation is 1. The number of aromatic nitrogens is 4. The molecule has 0 aliphatic carbocycles. The Morgan fingerprint density at radius 3 is 2.92 bits per heavy atom. The number of nitrogens with zero attached hydrogens (tertiary/aromatic N) is 4. The monoisotopic (exact) mass is 324 g/mol. The Kier molecular flexibility index (Phi) is 4.00. The molecule has 7 nitrogen and oxygen atoms in total. The lowest BCUT2D eigenvalue weighted by Gasteiger charge is -2.27. The molecule has 7 heteroatoms. The van der Waals surface area contributed by atoms with Crippen molar-refractivity contribution >= 4 is 22.8 Å². The third kappa shape index (κ3) is 3.03. The van der Waals surface area contributed by atoms with Crippen LogP contribution in [0.4, 0.5) is 11.8 Å². The fraction of sp³-hybridized carbons (Fsp3) is 0.353. The Hall–Kier alpha value is -2.67. The normalized spacial score (nSPS) is 15.0. The zero-order chi connectivity index (χ0) is 16.4. The van der Waals surface area contributed by atoms with E-state index in [-0.39, 0.29) is 0 Å². The lowest BCUT2D eigenvalue weighted by atomic mass is 10.3. The first-order valence-electron chi connectivity index (χ1n) is 8.13. The first-order valence-corrected chi connectivity index (χ1v) is 8.13. The Morgan fingerprint density at radius 1 is 1.25 bits per heavy atom. The van der Waals surface area contributed by atoms with E-state index in [0.29, 0.717) is 19.8 Å². The van der Waals surface area contributed by atoms with Crippen LogP contribution < -0.4 is 10.2 Å². The summed E-state index contributed by atoms with van der Waals surface area (Å²) in [6.07, 6.45) is 1.80. The zero-order valence-corrected chi connectivity index (χ0v) is 13.6. The van der Waals surface area contributed by atoms with E-state index < -0.39 is 0 Å². The smallest absolute Gasteiger partial charge is 0.229 e. The van der Waals surface area contributed by atoms with Gasteiger partial charge in [-0.05, 0) is 25.1 Å². The number of aromatic amines is 1. The van der Waals surface area contributed by atoms with Gasteiger partial charge in [0.25, 0.3) is 0 Å². The Labute approximate surface area is 140 Å². The van der Waals surface area contributed by atoms with Gasteiger partial charge in [0.05, 0.1) is 30.8 Å². The van der Waals surface area contributed by atoms with Crippen molar-refractivity contribution in [2.45, 2.75) is 13.5 Å². The van der Waals surface area contributed by atoms with Gasteiger partial charge >= 0.3 is 0 Å². The fourth-order valence-electron chi connectivity index (χ4n) is 2.85. The highest BCUT2D eigenvalue weighted by atomic mass is 16.5. The topological polar surface area (TPSA) is 79.0 Å². The molecule has 1 aliphatic heterocycles. The number of nitrogens with one attached hydrogen (secondary N) is 2. The van der Waals surface area contributed by atoms with Gasteiger partial charge < -0.3 is 19.9 Å². The van der Waals surface area contributed by atoms with E-state index in [0.717, 1.165) is 47.3 Å². The quantitative estimate of drug-likeness (QED) is 0.765. The average molecular weight is 324 g/mol. The Morgan fingerprint density at radius 2 is 2.12 bits per heavy atom. The van der Waals surface area contributed by atoms with E-state index in [2.05, 4.69) is 31.2 Å². The largest absolute Gasteiger partial charge is 0.378 e. The minimum absolute atomic E-state index is 0.625. The number of hydrogen-bond donors (Lipinski definition) is 2. The molecule has 0 spiro atoms. The van der Waals surface area contributed by atoms with Gasteiger partial charge in [-0.25, -0.2) is 0 Å². The molecule has 0 unspecified atom stereocenters. The van der Waals surface area contributed by atoms with Crippen LogP contribution in [0.5, 0.6) is 0 Å². The van der Waals surface area contributed by atoms with Crippen LogP contribution in [0.25, 0.3) is 11.0 Å². The molecule has 0 aromatic carbocycles. The maximum absolute atomic E-state index is 5.42. The number of fused-ring (bicyclic) bond motifs is 1. The number of H-pyrrole nitrogens is 1. The molecule has 1 saturated heterocycles. The second-order valence-electron chi connectivity index (χ2n) is 5.86. The lowest BCUT2D eigenvalue weighted by Crippen LogP contribution is -2.37. The summed E-state index contributed by atoms with van der Waals surface area (Å²) in [5.41, 5.74) is 2.90. The molecule has 0 bridgehead atoms. The number of hydrogen-bond acceptors (Lipinski definition) is 6. The van der Waals surface area contributed by atoms with Gasteiger partial charge in [-0.15, -0.1) is 0 Å². The molecular formula is C17H20N6O. The van der Waals surface area contributed by atoms with Crippen LogP contribution in [0.1, 0.15) is 11.4 Å². The molecular weight excluding hydrogens is 304 g/mol. The highest BCUT2D eigenvalue weighted by Crippen LogP contribution is 2.25. The molecule has 3 aromatic rings. The first-order chi connectivity index (χ1) is 11.8. The summed E-state index contributed by atoms with van der Waals surface area (Å²) in [6, 6.07) is 7.97. The third-order valence-corrected chi connectivity index (χ3v) is 4.07. The van der Waals surface area contributed by atoms with Gasteiger partial charge in [-0.3, -0.25) is 4.98 Å². The zero-order valence-electron chi connectivity index (χ0n) is 13.6. The molecule has 0 saturated carbocycles. The van der Waals surface area contributed by atoms with Crippen molar-refractivity contribution < 1.29 is 4.74 Å². The van der Waals surface area contributed by atoms with Crippen LogP contribution in [0.3, 0.4) is 0 Å². The standard InChI is InChI=1S/C17H20N6O/c1-12-10-14-15(19-11-13-4-2-3-5-18-13)21-17(22-16(14)20-12)23-6-8-24-9-7-23/h2-5,10H,6-9,11H2,1H3,(H2,19,20,21,22). The van der Waals surface area contributed by atoms with Crippen molar-refractivity contribution in [2.24, 2.45) is 0 Å². The third-order valence-electron chi connectivity index (χ3n) is 4.07. The predicted molar refractivity (Wildman–Crippen MR) is 93.2 cm³/mol. The summed E-state index contributed by atoms with van der Waals surface area (Å²) >= 11 is 0. The number of pyridine rings is 1. The molecule has 3 aromatic heterocycles. The number of anilines is 2. The van der Waals surface area contributed by atoms with Crippen molar-refractivity contribution in [2.75, 3.05) is 36.5 Å². The minimum Gasteiger partial charge on any atom is -0.378 e. The van der Waals surface area contributed by atoms with Gasteiger partial charge in [-0.1, -0.05) is 6.07 Å². The number of morpholine rings is 1. The molecule has 0 radical (unpaired) electrons. The molecule has 2 N–H and O–H groups in total. The van der Waals surface area contributed by atoms with E-state index >= 15 is 0 Å². The van der Waals surface area contributed by atoms with Crippen LogP contribution >= 0.6 is 0 Å². The van der Waals surface area contributed by atoms with Crippen LogP contribution in [-0.2, 0) is 11.3 Å². The SMILES string of the molecule is Cc1cc2c(NCc3ccccn3)nc(N3CCOCC3)nc2[nH]1. The van der Waals surface area contributed by atoms with E-state index in [1.807, 2.05) is 25.1 Å². The van der Waals surface area contributed by atoms with Crippen LogP contribution in [0.15, 0.2) is 30.5 Å². The van der Waals surface area contributed by atoms with E-state index in [9.17, 15) is 0 Å². The van der Waals surface area contributed by atoms with Crippen LogP contribution in [0, 0.1) is 6.92 Å². The molecule has 4 heterocycles. The highest BCUT2D eigenvalue weighted by Gasteiger charge is 2.17. The van der Waals surface area contributed by atoms with Crippen molar-refractivity contribution in [1.82, 2.24) is 19.9 Å². The van der Waals surface area contributed by atoms with Gasteiger partial charge in [0.1, 0.15) is 11.5 Å².